The summed E-state index contributed by atoms with van der Waals surface area (Å²) in [7, 11) is 6.71. The lowest BCUT2D eigenvalue weighted by Gasteiger charge is -2.50. The molecule has 0 amide bonds. The molecule has 62 heavy (non-hydrogen) atoms. The van der Waals surface area contributed by atoms with Crippen LogP contribution in [0, 0.1) is 0 Å². The van der Waals surface area contributed by atoms with Crippen molar-refractivity contribution in [1.82, 2.24) is 33.6 Å². The molecule has 0 bridgehead atoms. The highest BCUT2D eigenvalue weighted by molar-refractivity contribution is 6.90. The second-order valence-corrected chi connectivity index (χ2v) is 21.2. The molecule has 1 aliphatic carbocycles. The first-order chi connectivity index (χ1) is 29.1. The van der Waals surface area contributed by atoms with E-state index >= 15 is 0 Å². The molecular formula is C51H64B3N7O. The number of benzene rings is 4. The van der Waals surface area contributed by atoms with Crippen molar-refractivity contribution < 1.29 is 4.74 Å². The molecule has 1 aliphatic heterocycles. The second kappa shape index (κ2) is 14.6. The highest BCUT2D eigenvalue weighted by Crippen LogP contribution is 2.53. The van der Waals surface area contributed by atoms with Crippen LogP contribution in [0.2, 0.25) is 13.6 Å². The van der Waals surface area contributed by atoms with Gasteiger partial charge in [0.25, 0.3) is 14.0 Å². The van der Waals surface area contributed by atoms with Crippen LogP contribution in [0.4, 0.5) is 0 Å². The number of aromatic nitrogens is 4. The molecule has 0 atom stereocenters. The van der Waals surface area contributed by atoms with Crippen LogP contribution < -0.4 is 10.3 Å². The normalized spacial score (nSPS) is 17.3. The summed E-state index contributed by atoms with van der Waals surface area (Å²) in [6.45, 7) is 30.6. The van der Waals surface area contributed by atoms with Gasteiger partial charge < -0.3 is 18.9 Å². The van der Waals surface area contributed by atoms with Gasteiger partial charge in [-0.3, -0.25) is 0 Å². The maximum Gasteiger partial charge on any atom is 0.348 e. The first-order valence-electron chi connectivity index (χ1n) is 22.7. The van der Waals surface area contributed by atoms with E-state index in [4.69, 9.17) is 14.9 Å². The minimum absolute atomic E-state index is 0.00634. The average molecular weight is 824 g/mol. The van der Waals surface area contributed by atoms with Gasteiger partial charge in [0.05, 0.1) is 28.5 Å². The Kier molecular flexibility index (Phi) is 10.0. The maximum absolute atomic E-state index is 6.97. The van der Waals surface area contributed by atoms with E-state index in [-0.39, 0.29) is 37.2 Å². The van der Waals surface area contributed by atoms with Crippen LogP contribution in [-0.2, 0) is 16.2 Å². The maximum atomic E-state index is 6.97. The Morgan fingerprint density at radius 1 is 0.710 bits per heavy atom. The lowest BCUT2D eigenvalue weighted by Crippen LogP contribution is -2.77. The van der Waals surface area contributed by atoms with E-state index in [1.807, 2.05) is 10.9 Å². The first kappa shape index (κ1) is 42.5. The molecule has 8 nitrogen and oxygen atoms in total. The molecule has 2 aliphatic rings. The number of fused-ring (bicyclic) bond motifs is 3. The zero-order chi connectivity index (χ0) is 44.5. The molecule has 1 saturated heterocycles. The van der Waals surface area contributed by atoms with E-state index in [9.17, 15) is 0 Å². The van der Waals surface area contributed by atoms with Crippen LogP contribution in [0.25, 0.3) is 44.0 Å². The molecule has 0 radical (unpaired) electrons. The molecule has 0 N–H and O–H groups in total. The van der Waals surface area contributed by atoms with Crippen molar-refractivity contribution in [1.29, 1.82) is 0 Å². The van der Waals surface area contributed by atoms with Gasteiger partial charge in [-0.15, -0.1) is 0 Å². The van der Waals surface area contributed by atoms with Crippen molar-refractivity contribution in [2.24, 2.45) is 0 Å². The Morgan fingerprint density at radius 2 is 1.35 bits per heavy atom. The van der Waals surface area contributed by atoms with Crippen molar-refractivity contribution in [3.05, 3.63) is 113 Å². The van der Waals surface area contributed by atoms with Crippen molar-refractivity contribution in [3.63, 3.8) is 0 Å². The topological polar surface area (TPSA) is 54.1 Å². The number of hydrogen-bond acceptors (Lipinski definition) is 6. The molecule has 0 unspecified atom stereocenters. The van der Waals surface area contributed by atoms with Gasteiger partial charge in [0.15, 0.2) is 0 Å². The molecule has 3 aromatic heterocycles. The Balaban J connectivity index is 1.21. The molecule has 0 spiro atoms. The van der Waals surface area contributed by atoms with Gasteiger partial charge in [-0.2, -0.15) is 10.2 Å². The van der Waals surface area contributed by atoms with Crippen LogP contribution in [0.5, 0.6) is 11.5 Å². The molecule has 4 heterocycles. The number of rotatable bonds is 7. The van der Waals surface area contributed by atoms with E-state index < -0.39 is 0 Å². The van der Waals surface area contributed by atoms with Gasteiger partial charge in [-0.25, -0.2) is 9.20 Å². The highest BCUT2D eigenvalue weighted by Gasteiger charge is 2.53. The molecule has 318 valence electrons. The summed E-state index contributed by atoms with van der Waals surface area (Å²) < 4.78 is 18.6. The summed E-state index contributed by atoms with van der Waals surface area (Å²) in [4.78, 5) is 0. The average Bonchev–Trinajstić information content (AvgIpc) is 3.88. The van der Waals surface area contributed by atoms with Crippen LogP contribution in [0.15, 0.2) is 85.2 Å². The summed E-state index contributed by atoms with van der Waals surface area (Å²) >= 11 is 0. The SMILES string of the molecule is CB1N(C)B(C)N(C)B(c2nn3c4cc(Oc5cc(-n6cc(-c7c(C(C)C)cccc7C(C)C)cn6)cc(C(C)(C)C)c5)ccc4c4cccc5c4c3c2C(C)(C)C5(C)C)N1C. The quantitative estimate of drug-likeness (QED) is 0.118. The zero-order valence-electron chi connectivity index (χ0n) is 40.0. The van der Waals surface area contributed by atoms with Gasteiger partial charge in [0.2, 0.25) is 0 Å². The second-order valence-electron chi connectivity index (χ2n) is 21.2. The van der Waals surface area contributed by atoms with Crippen molar-refractivity contribution >= 4 is 53.7 Å². The fourth-order valence-electron chi connectivity index (χ4n) is 10.6. The molecule has 9 rings (SSSR count). The molecule has 7 aromatic rings. The minimum atomic E-state index is -0.214. The number of pyridine rings is 1. The fourth-order valence-corrected chi connectivity index (χ4v) is 10.6. The van der Waals surface area contributed by atoms with Gasteiger partial charge in [0, 0.05) is 45.6 Å². The van der Waals surface area contributed by atoms with Gasteiger partial charge in [-0.05, 0) is 101 Å². The predicted octanol–water partition coefficient (Wildman–Crippen LogP) is 11.1. The Hall–Kier alpha value is -4.83. The van der Waals surface area contributed by atoms with E-state index in [2.05, 4.69) is 209 Å². The Morgan fingerprint density at radius 3 is 1.98 bits per heavy atom. The summed E-state index contributed by atoms with van der Waals surface area (Å²) in [6, 6.07) is 26.7. The number of ether oxygens (including phenoxy) is 1. The smallest absolute Gasteiger partial charge is 0.348 e. The standard InChI is InChI=1S/C51H64B3N7O/c1-31(2)38-19-17-20-39(32(3)4)44(38)33-29-55-60(30-33)35-25-34(49(5,6)7)26-37(27-35)62-36-23-24-40-41-21-18-22-42-45(41)47-46(51(10,11)50(42,8)9)48(56-61(47)43(40)28-36)54-58(15)52(12)57(14)53(13)59(54)16/h17-32H,1-16H3. The lowest BCUT2D eigenvalue weighted by atomic mass is 9.42. The van der Waals surface area contributed by atoms with Gasteiger partial charge >= 0.3 is 6.98 Å². The van der Waals surface area contributed by atoms with Crippen molar-refractivity contribution in [2.45, 2.75) is 118 Å². The van der Waals surface area contributed by atoms with Crippen molar-refractivity contribution in [3.8, 4) is 28.3 Å². The van der Waals surface area contributed by atoms with Gasteiger partial charge in [0.1, 0.15) is 11.5 Å². The summed E-state index contributed by atoms with van der Waals surface area (Å²) in [5, 5.41) is 14.4. The van der Waals surface area contributed by atoms with E-state index in [0.717, 1.165) is 33.9 Å². The number of hydrogen-bond donors (Lipinski definition) is 0. The summed E-state index contributed by atoms with van der Waals surface area (Å²) in [5.41, 5.74) is 12.9. The Labute approximate surface area is 371 Å². The third kappa shape index (κ3) is 6.31. The van der Waals surface area contributed by atoms with Crippen LogP contribution in [0.1, 0.15) is 116 Å². The number of nitrogens with zero attached hydrogens (tertiary/aromatic N) is 7. The van der Waals surface area contributed by atoms with Gasteiger partial charge in [-0.1, -0.05) is 126 Å². The monoisotopic (exact) mass is 824 g/mol. The largest absolute Gasteiger partial charge is 0.457 e. The minimum Gasteiger partial charge on any atom is -0.457 e. The summed E-state index contributed by atoms with van der Waals surface area (Å²) in [6.07, 6.45) is 4.21. The highest BCUT2D eigenvalue weighted by atomic mass is 16.5. The fraction of sp³-hybridized carbons (Fsp3) is 0.412. The van der Waals surface area contributed by atoms with Crippen molar-refractivity contribution in [2.75, 3.05) is 21.1 Å². The summed E-state index contributed by atoms with van der Waals surface area (Å²) in [5.74, 6) is 2.33. The third-order valence-electron chi connectivity index (χ3n) is 15.4. The third-order valence-corrected chi connectivity index (χ3v) is 15.4. The van der Waals surface area contributed by atoms with E-state index in [0.29, 0.717) is 11.8 Å². The molecule has 1 fully saturated rings. The molecule has 4 aromatic carbocycles. The lowest BCUT2D eigenvalue weighted by molar-refractivity contribution is 0.305. The Bertz CT molecular complexity index is 2860. The van der Waals surface area contributed by atoms with E-state index in [1.165, 1.54) is 55.1 Å². The van der Waals surface area contributed by atoms with Crippen LogP contribution in [0.3, 0.4) is 0 Å². The first-order valence-corrected chi connectivity index (χ1v) is 22.7. The molecular weight excluding hydrogens is 759 g/mol. The molecule has 0 saturated carbocycles. The molecule has 11 heteroatoms. The van der Waals surface area contributed by atoms with Crippen LogP contribution in [-0.4, -0.2) is 75.7 Å². The van der Waals surface area contributed by atoms with E-state index in [1.54, 1.807) is 0 Å². The zero-order valence-corrected chi connectivity index (χ0v) is 40.0. The predicted molar refractivity (Wildman–Crippen MR) is 264 cm³/mol. The van der Waals surface area contributed by atoms with Crippen LogP contribution >= 0.6 is 0 Å².